The molecule has 1 aliphatic rings. The molecule has 2 rings (SSSR count). The van der Waals surface area contributed by atoms with Crippen LogP contribution in [0.25, 0.3) is 0 Å². The molecule has 1 aromatic rings. The van der Waals surface area contributed by atoms with Gasteiger partial charge in [0.05, 0.1) is 0 Å². The average molecular weight is 220 g/mol. The van der Waals surface area contributed by atoms with Gasteiger partial charge in [-0.3, -0.25) is 4.90 Å². The molecule has 0 bridgehead atoms. The fourth-order valence-electron chi connectivity index (χ4n) is 1.82. The van der Waals surface area contributed by atoms with E-state index in [-0.39, 0.29) is 0 Å². The Kier molecular flexibility index (Phi) is 6.12. The standard InChI is InChI=1S/C12H18N2.C2H6/c1-11-2-4-12(5-3-11)10-14-8-6-13-7-9-14;1-2/h2-5,13H,6-10H2,1H3;1-2H3. The maximum Gasteiger partial charge on any atom is 0.0234 e. The maximum atomic E-state index is 3.37. The zero-order valence-corrected chi connectivity index (χ0v) is 10.8. The Morgan fingerprint density at radius 1 is 1.06 bits per heavy atom. The summed E-state index contributed by atoms with van der Waals surface area (Å²) in [4.78, 5) is 2.50. The fraction of sp³-hybridized carbons (Fsp3) is 0.571. The zero-order chi connectivity index (χ0) is 11.8. The monoisotopic (exact) mass is 220 g/mol. The van der Waals surface area contributed by atoms with Crippen molar-refractivity contribution in [3.05, 3.63) is 35.4 Å². The SMILES string of the molecule is CC.Cc1ccc(CN2CCNCC2)cc1. The summed E-state index contributed by atoms with van der Waals surface area (Å²) in [5, 5.41) is 3.37. The van der Waals surface area contributed by atoms with Crippen molar-refractivity contribution >= 4 is 0 Å². The summed E-state index contributed by atoms with van der Waals surface area (Å²) < 4.78 is 0. The second-order valence-electron chi connectivity index (χ2n) is 4.01. The van der Waals surface area contributed by atoms with E-state index >= 15 is 0 Å². The van der Waals surface area contributed by atoms with Gasteiger partial charge in [-0.1, -0.05) is 43.7 Å². The number of nitrogens with one attached hydrogen (secondary N) is 1. The molecule has 2 nitrogen and oxygen atoms in total. The van der Waals surface area contributed by atoms with Crippen molar-refractivity contribution in [3.8, 4) is 0 Å². The van der Waals surface area contributed by atoms with E-state index in [0.29, 0.717) is 0 Å². The Hall–Kier alpha value is -0.860. The van der Waals surface area contributed by atoms with E-state index in [4.69, 9.17) is 0 Å². The van der Waals surface area contributed by atoms with Crippen LogP contribution in [-0.2, 0) is 6.54 Å². The quantitative estimate of drug-likeness (QED) is 0.823. The maximum absolute atomic E-state index is 3.37. The minimum Gasteiger partial charge on any atom is -0.314 e. The van der Waals surface area contributed by atoms with Crippen LogP contribution in [0, 0.1) is 6.92 Å². The van der Waals surface area contributed by atoms with Crippen LogP contribution in [0.15, 0.2) is 24.3 Å². The van der Waals surface area contributed by atoms with Crippen molar-refractivity contribution < 1.29 is 0 Å². The van der Waals surface area contributed by atoms with Crippen LogP contribution in [-0.4, -0.2) is 31.1 Å². The van der Waals surface area contributed by atoms with Crippen LogP contribution in [0.1, 0.15) is 25.0 Å². The Labute approximate surface area is 99.7 Å². The first kappa shape index (κ1) is 13.2. The molecule has 16 heavy (non-hydrogen) atoms. The number of hydrogen-bond acceptors (Lipinski definition) is 2. The van der Waals surface area contributed by atoms with Gasteiger partial charge in [0.25, 0.3) is 0 Å². The van der Waals surface area contributed by atoms with Gasteiger partial charge in [0, 0.05) is 32.7 Å². The molecule has 1 aliphatic heterocycles. The van der Waals surface area contributed by atoms with E-state index in [0.717, 1.165) is 19.6 Å². The first-order chi connectivity index (χ1) is 7.84. The lowest BCUT2D eigenvalue weighted by Gasteiger charge is -2.27. The van der Waals surface area contributed by atoms with Crippen LogP contribution in [0.5, 0.6) is 0 Å². The molecular formula is C14H24N2. The number of rotatable bonds is 2. The van der Waals surface area contributed by atoms with Crippen LogP contribution in [0.4, 0.5) is 0 Å². The zero-order valence-electron chi connectivity index (χ0n) is 10.8. The predicted molar refractivity (Wildman–Crippen MR) is 70.7 cm³/mol. The number of nitrogens with zero attached hydrogens (tertiary/aromatic N) is 1. The van der Waals surface area contributed by atoms with Crippen molar-refractivity contribution in [3.63, 3.8) is 0 Å². The van der Waals surface area contributed by atoms with Gasteiger partial charge in [-0.25, -0.2) is 0 Å². The van der Waals surface area contributed by atoms with E-state index in [1.807, 2.05) is 13.8 Å². The van der Waals surface area contributed by atoms with Gasteiger partial charge in [-0.05, 0) is 12.5 Å². The lowest BCUT2D eigenvalue weighted by Crippen LogP contribution is -2.42. The summed E-state index contributed by atoms with van der Waals surface area (Å²) in [5.41, 5.74) is 2.77. The van der Waals surface area contributed by atoms with Crippen molar-refractivity contribution in [2.75, 3.05) is 26.2 Å². The van der Waals surface area contributed by atoms with E-state index in [2.05, 4.69) is 41.4 Å². The third-order valence-corrected chi connectivity index (χ3v) is 2.74. The van der Waals surface area contributed by atoms with Crippen molar-refractivity contribution in [2.24, 2.45) is 0 Å². The highest BCUT2D eigenvalue weighted by Gasteiger charge is 2.08. The van der Waals surface area contributed by atoms with E-state index < -0.39 is 0 Å². The second-order valence-corrected chi connectivity index (χ2v) is 4.01. The number of benzene rings is 1. The highest BCUT2D eigenvalue weighted by Crippen LogP contribution is 2.07. The molecule has 0 radical (unpaired) electrons. The number of aryl methyl sites for hydroxylation is 1. The van der Waals surface area contributed by atoms with E-state index in [1.54, 1.807) is 0 Å². The van der Waals surface area contributed by atoms with Crippen LogP contribution in [0.3, 0.4) is 0 Å². The molecule has 1 heterocycles. The van der Waals surface area contributed by atoms with Crippen LogP contribution >= 0.6 is 0 Å². The van der Waals surface area contributed by atoms with Crippen molar-refractivity contribution in [2.45, 2.75) is 27.3 Å². The molecule has 90 valence electrons. The van der Waals surface area contributed by atoms with Gasteiger partial charge in [0.2, 0.25) is 0 Å². The van der Waals surface area contributed by atoms with Gasteiger partial charge >= 0.3 is 0 Å². The summed E-state index contributed by atoms with van der Waals surface area (Å²) in [6.45, 7) is 11.8. The minimum absolute atomic E-state index is 1.10. The summed E-state index contributed by atoms with van der Waals surface area (Å²) in [6, 6.07) is 8.85. The highest BCUT2D eigenvalue weighted by molar-refractivity contribution is 5.21. The molecule has 1 saturated heterocycles. The van der Waals surface area contributed by atoms with Crippen LogP contribution in [0.2, 0.25) is 0 Å². The van der Waals surface area contributed by atoms with Crippen molar-refractivity contribution in [1.29, 1.82) is 0 Å². The smallest absolute Gasteiger partial charge is 0.0234 e. The molecule has 0 unspecified atom stereocenters. The van der Waals surface area contributed by atoms with Crippen LogP contribution < -0.4 is 5.32 Å². The number of hydrogen-bond donors (Lipinski definition) is 1. The molecule has 1 aromatic carbocycles. The molecule has 0 aliphatic carbocycles. The second kappa shape index (κ2) is 7.42. The molecular weight excluding hydrogens is 196 g/mol. The minimum atomic E-state index is 1.10. The lowest BCUT2D eigenvalue weighted by atomic mass is 10.1. The molecule has 0 spiro atoms. The molecule has 0 amide bonds. The van der Waals surface area contributed by atoms with Gasteiger partial charge < -0.3 is 5.32 Å². The Balaban J connectivity index is 0.000000606. The first-order valence-corrected chi connectivity index (χ1v) is 6.33. The molecule has 0 atom stereocenters. The Morgan fingerprint density at radius 3 is 2.19 bits per heavy atom. The first-order valence-electron chi connectivity index (χ1n) is 6.33. The molecule has 2 heteroatoms. The van der Waals surface area contributed by atoms with Gasteiger partial charge in [-0.15, -0.1) is 0 Å². The third kappa shape index (κ3) is 4.33. The third-order valence-electron chi connectivity index (χ3n) is 2.74. The molecule has 1 fully saturated rings. The predicted octanol–water partition coefficient (Wildman–Crippen LogP) is 2.43. The Bertz CT molecular complexity index is 273. The molecule has 0 aromatic heterocycles. The summed E-state index contributed by atoms with van der Waals surface area (Å²) in [6.07, 6.45) is 0. The normalized spacial score (nSPS) is 16.4. The summed E-state index contributed by atoms with van der Waals surface area (Å²) >= 11 is 0. The van der Waals surface area contributed by atoms with Gasteiger partial charge in [-0.2, -0.15) is 0 Å². The highest BCUT2D eigenvalue weighted by atomic mass is 15.2. The molecule has 0 saturated carbocycles. The van der Waals surface area contributed by atoms with E-state index in [9.17, 15) is 0 Å². The topological polar surface area (TPSA) is 15.3 Å². The summed E-state index contributed by atoms with van der Waals surface area (Å²) in [7, 11) is 0. The number of piperazine rings is 1. The van der Waals surface area contributed by atoms with Gasteiger partial charge in [0.1, 0.15) is 0 Å². The lowest BCUT2D eigenvalue weighted by molar-refractivity contribution is 0.233. The van der Waals surface area contributed by atoms with Crippen molar-refractivity contribution in [1.82, 2.24) is 10.2 Å². The molecule has 1 N–H and O–H groups in total. The summed E-state index contributed by atoms with van der Waals surface area (Å²) in [5.74, 6) is 0. The largest absolute Gasteiger partial charge is 0.314 e. The average Bonchev–Trinajstić information content (AvgIpc) is 2.36. The van der Waals surface area contributed by atoms with Gasteiger partial charge in [0.15, 0.2) is 0 Å². The Morgan fingerprint density at radius 2 is 1.62 bits per heavy atom. The van der Waals surface area contributed by atoms with E-state index in [1.165, 1.54) is 24.2 Å². The fourth-order valence-corrected chi connectivity index (χ4v) is 1.82.